The highest BCUT2D eigenvalue weighted by Crippen LogP contribution is 2.48. The molecule has 2 heterocycles. The summed E-state index contributed by atoms with van der Waals surface area (Å²) in [5.41, 5.74) is 5.04. The number of carbonyl (C=O) groups is 2. The zero-order valence-corrected chi connectivity index (χ0v) is 25.5. The largest absolute Gasteiger partial charge is 0.512 e. The molecule has 0 aromatic rings. The maximum absolute atomic E-state index is 14.1. The number of ketones is 2. The van der Waals surface area contributed by atoms with Crippen LogP contribution in [0.25, 0.3) is 0 Å². The molecule has 44 heavy (non-hydrogen) atoms. The molecule has 4 aliphatic carbocycles. The molecule has 0 spiro atoms. The Morgan fingerprint density at radius 2 is 1.80 bits per heavy atom. The number of rotatable bonds is 7. The Hall–Kier alpha value is -1.70. The van der Waals surface area contributed by atoms with Crippen LogP contribution in [0.4, 0.5) is 0 Å². The molecule has 11 nitrogen and oxygen atoms in total. The van der Waals surface area contributed by atoms with Crippen molar-refractivity contribution < 1.29 is 49.9 Å². The molecule has 2 saturated heterocycles. The molecule has 0 aromatic heterocycles. The molecule has 0 aromatic carbocycles. The number of aliphatic hydroxyl groups is 5. The van der Waals surface area contributed by atoms with Gasteiger partial charge >= 0.3 is 0 Å². The minimum Gasteiger partial charge on any atom is -0.512 e. The maximum Gasteiger partial charge on any atom is 0.187 e. The Kier molecular flexibility index (Phi) is 9.67. The minimum atomic E-state index is -2.02. The Morgan fingerprint density at radius 1 is 1.02 bits per heavy atom. The summed E-state index contributed by atoms with van der Waals surface area (Å²) in [4.78, 5) is 28.0. The van der Waals surface area contributed by atoms with E-state index in [1.165, 1.54) is 6.42 Å². The van der Waals surface area contributed by atoms with Gasteiger partial charge in [0.25, 0.3) is 0 Å². The Balaban J connectivity index is 1.19. The molecule has 11 heteroatoms. The topological polar surface area (TPSA) is 196 Å². The highest BCUT2D eigenvalue weighted by atomic mass is 16.7. The molecular formula is C33H51N2O9+. The van der Waals surface area contributed by atoms with Gasteiger partial charge in [-0.15, -0.1) is 0 Å². The van der Waals surface area contributed by atoms with Crippen molar-refractivity contribution in [3.05, 3.63) is 23.5 Å². The molecule has 0 radical (unpaired) electrons. The van der Waals surface area contributed by atoms with Gasteiger partial charge in [-0.3, -0.25) is 15.3 Å². The number of hydrogen-bond donors (Lipinski definition) is 7. The van der Waals surface area contributed by atoms with Crippen LogP contribution >= 0.6 is 0 Å². The van der Waals surface area contributed by atoms with Crippen molar-refractivity contribution in [1.29, 1.82) is 0 Å². The second kappa shape index (κ2) is 13.2. The lowest BCUT2D eigenvalue weighted by molar-refractivity contribution is -0.699. The normalized spacial score (nSPS) is 45.2. The average molecular weight is 620 g/mol. The average Bonchev–Trinajstić information content (AvgIpc) is 3.03. The SMILES string of the molecule is NC1CC(CCC2(O)C(O)C(CO)OC(OC3CCCC4C(=O)C5C=C(C6CCCCC6)C=C(O)C5C(=O)C34)C2O)CC[NH2+]1. The van der Waals surface area contributed by atoms with Crippen molar-refractivity contribution in [3.8, 4) is 0 Å². The van der Waals surface area contributed by atoms with Crippen molar-refractivity contribution in [3.63, 3.8) is 0 Å². The van der Waals surface area contributed by atoms with E-state index < -0.39 is 66.6 Å². The lowest BCUT2D eigenvalue weighted by atomic mass is 9.58. The predicted molar refractivity (Wildman–Crippen MR) is 158 cm³/mol. The van der Waals surface area contributed by atoms with Crippen molar-refractivity contribution in [2.24, 2.45) is 41.2 Å². The molecule has 0 amide bonds. The molecule has 12 unspecified atom stereocenters. The van der Waals surface area contributed by atoms with E-state index in [2.05, 4.69) is 5.32 Å². The van der Waals surface area contributed by atoms with Gasteiger partial charge in [-0.05, 0) is 68.4 Å². The van der Waals surface area contributed by atoms with Crippen molar-refractivity contribution >= 4 is 11.6 Å². The molecule has 12 atom stereocenters. The molecule has 5 fully saturated rings. The summed E-state index contributed by atoms with van der Waals surface area (Å²) in [6.07, 6.45) is 6.22. The fraction of sp³-hybridized carbons (Fsp3) is 0.818. The molecule has 6 aliphatic rings. The lowest BCUT2D eigenvalue weighted by Crippen LogP contribution is -2.94. The van der Waals surface area contributed by atoms with Gasteiger partial charge in [0.05, 0.1) is 37.0 Å². The first-order valence-corrected chi connectivity index (χ1v) is 16.9. The van der Waals surface area contributed by atoms with E-state index in [-0.39, 0.29) is 35.8 Å². The standard InChI is InChI=1S/C33H50N2O9/c34-25-13-17(10-12-35-25)9-11-33(42)30(40)24(16-36)44-32(31(33)41)43-23-8-4-7-20-27(23)29(39)26-21(28(20)38)14-19(15-22(26)37)18-5-2-1-3-6-18/h14-15,17-18,20-21,23-27,30-32,35-37,40-42H,1-13,16,34H2/p+1. The zero-order valence-electron chi connectivity index (χ0n) is 25.5. The summed E-state index contributed by atoms with van der Waals surface area (Å²) in [6, 6.07) is 0. The monoisotopic (exact) mass is 619 g/mol. The Morgan fingerprint density at radius 3 is 2.52 bits per heavy atom. The number of allylic oxidation sites excluding steroid dienone is 4. The molecule has 3 saturated carbocycles. The minimum absolute atomic E-state index is 0.0310. The van der Waals surface area contributed by atoms with Crippen LogP contribution < -0.4 is 11.1 Å². The first-order chi connectivity index (χ1) is 21.1. The Labute approximate surface area is 258 Å². The van der Waals surface area contributed by atoms with Crippen LogP contribution in [0.1, 0.15) is 77.0 Å². The third-order valence-electron chi connectivity index (χ3n) is 11.6. The number of nitrogens with two attached hydrogens (primary N) is 2. The quantitative estimate of drug-likeness (QED) is 0.209. The van der Waals surface area contributed by atoms with E-state index in [9.17, 15) is 35.1 Å². The van der Waals surface area contributed by atoms with Crippen LogP contribution in [-0.4, -0.2) is 92.7 Å². The zero-order chi connectivity index (χ0) is 31.2. The summed E-state index contributed by atoms with van der Waals surface area (Å²) < 4.78 is 12.1. The fourth-order valence-electron chi connectivity index (χ4n) is 9.13. The predicted octanol–water partition coefficient (Wildman–Crippen LogP) is 0.343. The number of piperidine rings is 1. The van der Waals surface area contributed by atoms with E-state index >= 15 is 0 Å². The van der Waals surface area contributed by atoms with Gasteiger partial charge in [-0.25, -0.2) is 0 Å². The van der Waals surface area contributed by atoms with Crippen LogP contribution in [0.5, 0.6) is 0 Å². The van der Waals surface area contributed by atoms with E-state index in [4.69, 9.17) is 15.2 Å². The number of aliphatic hydroxyl groups excluding tert-OH is 4. The summed E-state index contributed by atoms with van der Waals surface area (Å²) in [5, 5.41) is 57.3. The number of hydrogen-bond acceptors (Lipinski definition) is 10. The number of fused-ring (bicyclic) bond motifs is 2. The van der Waals surface area contributed by atoms with Gasteiger partial charge in [0.2, 0.25) is 0 Å². The van der Waals surface area contributed by atoms with Crippen molar-refractivity contribution in [2.75, 3.05) is 13.2 Å². The summed E-state index contributed by atoms with van der Waals surface area (Å²) in [5.74, 6) is -2.92. The van der Waals surface area contributed by atoms with Crippen molar-refractivity contribution in [2.45, 2.75) is 120 Å². The number of ether oxygens (including phenoxy) is 2. The highest BCUT2D eigenvalue weighted by molar-refractivity contribution is 6.02. The van der Waals surface area contributed by atoms with Gasteiger partial charge in [-0.2, -0.15) is 0 Å². The number of carbonyl (C=O) groups excluding carboxylic acids is 2. The van der Waals surface area contributed by atoms with E-state index in [1.54, 1.807) is 6.08 Å². The van der Waals surface area contributed by atoms with Crippen LogP contribution in [0.2, 0.25) is 0 Å². The highest BCUT2D eigenvalue weighted by Gasteiger charge is 2.59. The first kappa shape index (κ1) is 32.2. The Bertz CT molecular complexity index is 1140. The summed E-state index contributed by atoms with van der Waals surface area (Å²) in [7, 11) is 0. The number of quaternary nitrogens is 1. The van der Waals surface area contributed by atoms with Crippen LogP contribution in [0, 0.1) is 35.5 Å². The molecule has 0 bridgehead atoms. The molecule has 6 rings (SSSR count). The summed E-state index contributed by atoms with van der Waals surface area (Å²) >= 11 is 0. The second-order valence-electron chi connectivity index (χ2n) is 14.3. The van der Waals surface area contributed by atoms with Crippen molar-refractivity contribution in [1.82, 2.24) is 0 Å². The summed E-state index contributed by atoms with van der Waals surface area (Å²) in [6.45, 7) is 0.260. The fourth-order valence-corrected chi connectivity index (χ4v) is 9.13. The van der Waals surface area contributed by atoms with Gasteiger partial charge in [-0.1, -0.05) is 31.8 Å². The first-order valence-electron chi connectivity index (χ1n) is 16.9. The lowest BCUT2D eigenvalue weighted by Gasteiger charge is -2.50. The molecule has 246 valence electrons. The van der Waals surface area contributed by atoms with E-state index in [0.717, 1.165) is 50.6 Å². The molecule has 2 aliphatic heterocycles. The third kappa shape index (κ3) is 5.95. The van der Waals surface area contributed by atoms with Gasteiger partial charge < -0.3 is 40.3 Å². The van der Waals surface area contributed by atoms with Gasteiger partial charge in [0.15, 0.2) is 12.1 Å². The molecule has 9 N–H and O–H groups in total. The maximum atomic E-state index is 14.1. The van der Waals surface area contributed by atoms with Crippen LogP contribution in [0.15, 0.2) is 23.5 Å². The second-order valence-corrected chi connectivity index (χ2v) is 14.3. The van der Waals surface area contributed by atoms with Gasteiger partial charge in [0.1, 0.15) is 41.6 Å². The van der Waals surface area contributed by atoms with Crippen LogP contribution in [0.3, 0.4) is 0 Å². The van der Waals surface area contributed by atoms with Crippen LogP contribution in [-0.2, 0) is 19.1 Å². The number of Topliss-reactive ketones (excluding diaryl/α,β-unsaturated/α-hetero) is 2. The third-order valence-corrected chi connectivity index (χ3v) is 11.6. The van der Waals surface area contributed by atoms with E-state index in [0.29, 0.717) is 31.6 Å². The van der Waals surface area contributed by atoms with E-state index in [1.807, 2.05) is 6.08 Å². The smallest absolute Gasteiger partial charge is 0.187 e. The molecular weight excluding hydrogens is 568 g/mol. The van der Waals surface area contributed by atoms with Gasteiger partial charge in [0, 0.05) is 12.3 Å².